The van der Waals surface area contributed by atoms with E-state index in [0.717, 1.165) is 16.8 Å². The summed E-state index contributed by atoms with van der Waals surface area (Å²) in [5.41, 5.74) is 2.64. The van der Waals surface area contributed by atoms with Crippen molar-refractivity contribution in [3.05, 3.63) is 53.3 Å². The van der Waals surface area contributed by atoms with Gasteiger partial charge in [-0.3, -0.25) is 14.3 Å². The van der Waals surface area contributed by atoms with Crippen molar-refractivity contribution < 1.29 is 14.4 Å². The van der Waals surface area contributed by atoms with Crippen molar-refractivity contribution in [3.63, 3.8) is 0 Å². The number of carbonyl (C=O) groups excluding carboxylic acids is 2. The molecule has 2 amide bonds. The van der Waals surface area contributed by atoms with Crippen molar-refractivity contribution in [2.75, 3.05) is 6.54 Å². The van der Waals surface area contributed by atoms with Gasteiger partial charge in [-0.15, -0.1) is 0 Å². The number of Topliss-reactive ketones (excluding diaryl/α,β-unsaturated/α-hetero) is 1. The maximum atomic E-state index is 12.7. The van der Waals surface area contributed by atoms with Gasteiger partial charge in [-0.25, -0.2) is 4.79 Å². The molecule has 0 spiro atoms. The zero-order valence-corrected chi connectivity index (χ0v) is 13.5. The molecule has 1 saturated heterocycles. The van der Waals surface area contributed by atoms with Crippen molar-refractivity contribution in [1.29, 1.82) is 0 Å². The first-order valence-electron chi connectivity index (χ1n) is 7.87. The molecule has 0 aliphatic carbocycles. The van der Waals surface area contributed by atoms with E-state index in [1.54, 1.807) is 22.8 Å². The monoisotopic (exact) mass is 326 g/mol. The molecule has 1 fully saturated rings. The van der Waals surface area contributed by atoms with E-state index in [4.69, 9.17) is 4.84 Å². The molecule has 0 N–H and O–H groups in total. The smallest absolute Gasteiger partial charge is 0.305 e. The van der Waals surface area contributed by atoms with Crippen molar-refractivity contribution >= 4 is 11.8 Å². The highest BCUT2D eigenvalue weighted by Crippen LogP contribution is 2.44. The Morgan fingerprint density at radius 2 is 2.08 bits per heavy atom. The minimum atomic E-state index is -0.596. The van der Waals surface area contributed by atoms with Crippen LogP contribution in [0.2, 0.25) is 0 Å². The summed E-state index contributed by atoms with van der Waals surface area (Å²) in [4.78, 5) is 32.3. The number of amides is 2. The Bertz CT molecular complexity index is 801. The third kappa shape index (κ3) is 2.12. The van der Waals surface area contributed by atoms with Crippen LogP contribution in [0.25, 0.3) is 0 Å². The topological polar surface area (TPSA) is 67.7 Å². The summed E-state index contributed by atoms with van der Waals surface area (Å²) in [6, 6.07) is 8.58. The number of hydroxylamine groups is 2. The maximum absolute atomic E-state index is 12.7. The summed E-state index contributed by atoms with van der Waals surface area (Å²) in [5.74, 6) is -0.0726. The number of ketones is 1. The largest absolute Gasteiger partial charge is 0.345 e. The van der Waals surface area contributed by atoms with Gasteiger partial charge in [0, 0.05) is 12.6 Å². The summed E-state index contributed by atoms with van der Waals surface area (Å²) < 4.78 is 1.68. The minimum absolute atomic E-state index is 0.0726. The Hall–Kier alpha value is -2.67. The van der Waals surface area contributed by atoms with Crippen LogP contribution < -0.4 is 0 Å². The van der Waals surface area contributed by atoms with Crippen molar-refractivity contribution in [2.24, 2.45) is 7.05 Å². The second-order valence-electron chi connectivity index (χ2n) is 6.16. The third-order valence-electron chi connectivity index (χ3n) is 4.63. The number of rotatable bonds is 4. The molecule has 1 aromatic carbocycles. The van der Waals surface area contributed by atoms with Gasteiger partial charge in [0.1, 0.15) is 18.7 Å². The van der Waals surface area contributed by atoms with Gasteiger partial charge in [-0.2, -0.15) is 10.2 Å². The summed E-state index contributed by atoms with van der Waals surface area (Å²) in [5, 5.41) is 5.66. The second-order valence-corrected chi connectivity index (χ2v) is 6.16. The number of benzene rings is 1. The first kappa shape index (κ1) is 14.9. The molecule has 7 heteroatoms. The molecule has 24 heavy (non-hydrogen) atoms. The van der Waals surface area contributed by atoms with E-state index in [0.29, 0.717) is 13.2 Å². The average Bonchev–Trinajstić information content (AvgIpc) is 3.08. The fraction of sp³-hybridized carbons (Fsp3) is 0.353. The van der Waals surface area contributed by atoms with Gasteiger partial charge in [0.05, 0.1) is 18.4 Å². The van der Waals surface area contributed by atoms with Crippen LogP contribution in [-0.4, -0.2) is 38.1 Å². The van der Waals surface area contributed by atoms with Crippen LogP contribution in [-0.2, 0) is 23.3 Å². The predicted octanol–water partition coefficient (Wildman–Crippen LogP) is 1.97. The number of aromatic nitrogens is 2. The average molecular weight is 326 g/mol. The van der Waals surface area contributed by atoms with Gasteiger partial charge in [-0.1, -0.05) is 30.3 Å². The highest BCUT2D eigenvalue weighted by atomic mass is 16.7. The summed E-state index contributed by atoms with van der Waals surface area (Å²) in [6.45, 7) is 2.25. The second kappa shape index (κ2) is 5.45. The normalized spacial score (nSPS) is 22.0. The fourth-order valence-corrected chi connectivity index (χ4v) is 3.52. The molecule has 0 unspecified atom stereocenters. The highest BCUT2D eigenvalue weighted by Gasteiger charge is 2.51. The first-order valence-corrected chi connectivity index (χ1v) is 7.87. The third-order valence-corrected chi connectivity index (χ3v) is 4.63. The van der Waals surface area contributed by atoms with Gasteiger partial charge in [0.2, 0.25) is 0 Å². The molecule has 2 aliphatic rings. The fourth-order valence-electron chi connectivity index (χ4n) is 3.52. The van der Waals surface area contributed by atoms with Crippen LogP contribution >= 0.6 is 0 Å². The molecule has 1 aromatic heterocycles. The molecular weight excluding hydrogens is 308 g/mol. The number of aryl methyl sites for hydroxylation is 1. The number of hydrogen-bond donors (Lipinski definition) is 0. The Morgan fingerprint density at radius 1 is 1.33 bits per heavy atom. The first-order chi connectivity index (χ1) is 11.6. The molecule has 3 heterocycles. The molecule has 4 rings (SSSR count). The lowest BCUT2D eigenvalue weighted by atomic mass is 9.96. The Kier molecular flexibility index (Phi) is 3.38. The van der Waals surface area contributed by atoms with Crippen LogP contribution in [0, 0.1) is 0 Å². The zero-order valence-electron chi connectivity index (χ0n) is 13.5. The molecule has 124 valence electrons. The lowest BCUT2D eigenvalue weighted by Gasteiger charge is -2.29. The van der Waals surface area contributed by atoms with E-state index in [9.17, 15) is 9.59 Å². The van der Waals surface area contributed by atoms with E-state index < -0.39 is 6.04 Å². The Balaban J connectivity index is 1.65. The molecule has 0 saturated carbocycles. The standard InChI is InChI=1S/C17H18N4O3/c1-11(22)15-16-13(8-18-19(16)2)14-9-20(15)17(23)21(14)24-10-12-6-4-3-5-7-12/h3-8,14-15H,9-10H2,1-2H3/t14-,15+/m0/s1. The van der Waals surface area contributed by atoms with Gasteiger partial charge in [0.15, 0.2) is 5.78 Å². The SMILES string of the molecule is CC(=O)[C@@H]1c2c(cnn2C)[C@@H]2CN1C(=O)N2OCc1ccccc1. The molecule has 2 bridgehead atoms. The van der Waals surface area contributed by atoms with Crippen molar-refractivity contribution in [3.8, 4) is 0 Å². The summed E-state index contributed by atoms with van der Waals surface area (Å²) >= 11 is 0. The Morgan fingerprint density at radius 3 is 2.79 bits per heavy atom. The van der Waals surface area contributed by atoms with Crippen LogP contribution in [0.3, 0.4) is 0 Å². The van der Waals surface area contributed by atoms with E-state index >= 15 is 0 Å². The van der Waals surface area contributed by atoms with Gasteiger partial charge >= 0.3 is 6.03 Å². The number of fused-ring (bicyclic) bond motifs is 4. The van der Waals surface area contributed by atoms with Crippen molar-refractivity contribution in [1.82, 2.24) is 19.7 Å². The number of urea groups is 1. The van der Waals surface area contributed by atoms with Crippen LogP contribution in [0.5, 0.6) is 0 Å². The van der Waals surface area contributed by atoms with Crippen LogP contribution in [0.4, 0.5) is 4.79 Å². The molecule has 2 aromatic rings. The molecule has 7 nitrogen and oxygen atoms in total. The van der Waals surface area contributed by atoms with Crippen molar-refractivity contribution in [2.45, 2.75) is 25.6 Å². The number of hydrogen-bond acceptors (Lipinski definition) is 4. The van der Waals surface area contributed by atoms with Gasteiger partial charge < -0.3 is 4.90 Å². The summed E-state index contributed by atoms with van der Waals surface area (Å²) in [7, 11) is 1.79. The van der Waals surface area contributed by atoms with Crippen LogP contribution in [0.15, 0.2) is 36.5 Å². The molecular formula is C17H18N4O3. The van der Waals surface area contributed by atoms with Crippen LogP contribution in [0.1, 0.15) is 35.8 Å². The maximum Gasteiger partial charge on any atom is 0.345 e. The number of carbonyl (C=O) groups is 2. The molecule has 2 aliphatic heterocycles. The summed E-state index contributed by atoms with van der Waals surface area (Å²) in [6.07, 6.45) is 1.73. The quantitative estimate of drug-likeness (QED) is 0.861. The highest BCUT2D eigenvalue weighted by molar-refractivity contribution is 5.90. The lowest BCUT2D eigenvalue weighted by Crippen LogP contribution is -2.38. The number of nitrogens with zero attached hydrogens (tertiary/aromatic N) is 4. The molecule has 2 atom stereocenters. The van der Waals surface area contributed by atoms with E-state index in [-0.39, 0.29) is 17.9 Å². The minimum Gasteiger partial charge on any atom is -0.305 e. The van der Waals surface area contributed by atoms with Gasteiger partial charge in [0.25, 0.3) is 0 Å². The van der Waals surface area contributed by atoms with E-state index in [1.807, 2.05) is 30.3 Å². The molecule has 0 radical (unpaired) electrons. The Labute approximate surface area is 139 Å². The zero-order chi connectivity index (χ0) is 16.8. The van der Waals surface area contributed by atoms with Gasteiger partial charge in [-0.05, 0) is 12.5 Å². The lowest BCUT2D eigenvalue weighted by molar-refractivity contribution is -0.141. The predicted molar refractivity (Wildman–Crippen MR) is 84.5 cm³/mol. The van der Waals surface area contributed by atoms with E-state index in [2.05, 4.69) is 5.10 Å². The van der Waals surface area contributed by atoms with E-state index in [1.165, 1.54) is 12.0 Å².